The summed E-state index contributed by atoms with van der Waals surface area (Å²) >= 11 is 0. The summed E-state index contributed by atoms with van der Waals surface area (Å²) in [6, 6.07) is 0. The van der Waals surface area contributed by atoms with Gasteiger partial charge in [-0.25, -0.2) is 0 Å². The predicted molar refractivity (Wildman–Crippen MR) is 72.5 cm³/mol. The summed E-state index contributed by atoms with van der Waals surface area (Å²) in [5.74, 6) is 0.0131. The first-order valence-corrected chi connectivity index (χ1v) is 7.17. The number of aromatic nitrogens is 2. The molecule has 0 unspecified atom stereocenters. The summed E-state index contributed by atoms with van der Waals surface area (Å²) in [5, 5.41) is 4.16. The number of rotatable bonds is 3. The molecule has 2 saturated heterocycles. The molecule has 3 heterocycles. The van der Waals surface area contributed by atoms with Gasteiger partial charge in [0.2, 0.25) is 0 Å². The minimum Gasteiger partial charge on any atom is -0.377 e. The van der Waals surface area contributed by atoms with Gasteiger partial charge in [-0.2, -0.15) is 5.10 Å². The molecule has 0 saturated carbocycles. The van der Waals surface area contributed by atoms with Crippen LogP contribution in [0.2, 0.25) is 0 Å². The fourth-order valence-corrected chi connectivity index (χ4v) is 3.23. The number of nitrogens with zero attached hydrogens (tertiary/aromatic N) is 3. The minimum absolute atomic E-state index is 0.0131. The largest absolute Gasteiger partial charge is 0.377 e. The van der Waals surface area contributed by atoms with E-state index >= 15 is 0 Å². The highest BCUT2D eigenvalue weighted by Gasteiger charge is 2.51. The topological polar surface area (TPSA) is 56.6 Å². The Morgan fingerprint density at radius 1 is 1.65 bits per heavy atom. The first-order valence-electron chi connectivity index (χ1n) is 7.17. The van der Waals surface area contributed by atoms with Gasteiger partial charge in [0.1, 0.15) is 11.7 Å². The zero-order valence-electron chi connectivity index (χ0n) is 12.0. The maximum atomic E-state index is 12.5. The van der Waals surface area contributed by atoms with Crippen LogP contribution in [0.3, 0.4) is 0 Å². The van der Waals surface area contributed by atoms with Gasteiger partial charge in [0.05, 0.1) is 24.8 Å². The molecule has 1 spiro atoms. The van der Waals surface area contributed by atoms with Crippen molar-refractivity contribution in [3.63, 3.8) is 0 Å². The molecule has 0 N–H and O–H groups in total. The molecule has 0 aromatic carbocycles. The normalized spacial score (nSPS) is 29.5. The maximum Gasteiger partial charge on any atom is 0.257 e. The Bertz CT molecular complexity index is 494. The van der Waals surface area contributed by atoms with Crippen LogP contribution in [0.5, 0.6) is 0 Å². The number of methoxy groups -OCH3 is 1. The Morgan fingerprint density at radius 3 is 3.10 bits per heavy atom. The summed E-state index contributed by atoms with van der Waals surface area (Å²) in [5.41, 5.74) is 0.335. The average molecular weight is 279 g/mol. The number of carbonyl (C=O) groups excluding carboxylic acids is 1. The van der Waals surface area contributed by atoms with E-state index in [0.717, 1.165) is 26.0 Å². The lowest BCUT2D eigenvalue weighted by molar-refractivity contribution is -0.0754. The minimum atomic E-state index is -0.300. The standard InChI is InChI=1S/C14H21N3O3/c1-3-17-8-11(7-15-17)13(18)16-9-12(19-2)14(10-16)5-4-6-20-14/h7-8,12H,3-6,9-10H2,1-2H3/t12-,14-/m0/s1. The van der Waals surface area contributed by atoms with E-state index in [2.05, 4.69) is 5.10 Å². The molecule has 6 nitrogen and oxygen atoms in total. The Morgan fingerprint density at radius 2 is 2.50 bits per heavy atom. The summed E-state index contributed by atoms with van der Waals surface area (Å²) in [7, 11) is 1.69. The molecule has 20 heavy (non-hydrogen) atoms. The second-order valence-corrected chi connectivity index (χ2v) is 5.51. The van der Waals surface area contributed by atoms with Crippen molar-refractivity contribution in [2.24, 2.45) is 0 Å². The van der Waals surface area contributed by atoms with Crippen LogP contribution in [0, 0.1) is 0 Å². The van der Waals surface area contributed by atoms with Crippen molar-refractivity contribution in [2.75, 3.05) is 26.8 Å². The van der Waals surface area contributed by atoms with Crippen LogP contribution in [0.25, 0.3) is 0 Å². The SMILES string of the molecule is CCn1cc(C(=O)N2C[C@H](OC)[C@]3(CCCO3)C2)cn1. The highest BCUT2D eigenvalue weighted by Crippen LogP contribution is 2.37. The molecular formula is C14H21N3O3. The predicted octanol–water partition coefficient (Wildman–Crippen LogP) is 0.923. The van der Waals surface area contributed by atoms with E-state index in [-0.39, 0.29) is 17.6 Å². The summed E-state index contributed by atoms with van der Waals surface area (Å²) in [6.45, 7) is 4.73. The molecule has 0 aliphatic carbocycles. The maximum absolute atomic E-state index is 12.5. The second kappa shape index (κ2) is 5.18. The van der Waals surface area contributed by atoms with Gasteiger partial charge in [-0.1, -0.05) is 0 Å². The van der Waals surface area contributed by atoms with Gasteiger partial charge in [-0.05, 0) is 19.8 Å². The number of amides is 1. The van der Waals surface area contributed by atoms with Crippen LogP contribution >= 0.6 is 0 Å². The Balaban J connectivity index is 1.76. The van der Waals surface area contributed by atoms with Crippen molar-refractivity contribution in [3.8, 4) is 0 Å². The molecule has 0 bridgehead atoms. The average Bonchev–Trinajstić information content (AvgIpc) is 3.18. The number of hydrogen-bond donors (Lipinski definition) is 0. The molecule has 3 rings (SSSR count). The smallest absolute Gasteiger partial charge is 0.257 e. The fourth-order valence-electron chi connectivity index (χ4n) is 3.23. The van der Waals surface area contributed by atoms with Crippen LogP contribution < -0.4 is 0 Å². The summed E-state index contributed by atoms with van der Waals surface area (Å²) < 4.78 is 13.2. The number of hydrogen-bond acceptors (Lipinski definition) is 4. The lowest BCUT2D eigenvalue weighted by atomic mass is 9.96. The van der Waals surface area contributed by atoms with Crippen LogP contribution in [0.1, 0.15) is 30.1 Å². The van der Waals surface area contributed by atoms with E-state index in [1.807, 2.05) is 11.8 Å². The van der Waals surface area contributed by atoms with Gasteiger partial charge in [0.25, 0.3) is 5.91 Å². The number of ether oxygens (including phenoxy) is 2. The lowest BCUT2D eigenvalue weighted by Gasteiger charge is -2.27. The van der Waals surface area contributed by atoms with Gasteiger partial charge >= 0.3 is 0 Å². The molecule has 6 heteroatoms. The van der Waals surface area contributed by atoms with E-state index < -0.39 is 0 Å². The van der Waals surface area contributed by atoms with Crippen LogP contribution in [0.4, 0.5) is 0 Å². The van der Waals surface area contributed by atoms with E-state index in [0.29, 0.717) is 18.7 Å². The third kappa shape index (κ3) is 2.13. The molecule has 2 fully saturated rings. The molecule has 0 radical (unpaired) electrons. The Labute approximate surface area is 118 Å². The zero-order chi connectivity index (χ0) is 14.2. The highest BCUT2D eigenvalue weighted by atomic mass is 16.6. The van der Waals surface area contributed by atoms with Gasteiger partial charge in [-0.15, -0.1) is 0 Å². The van der Waals surface area contributed by atoms with Crippen LogP contribution in [0.15, 0.2) is 12.4 Å². The van der Waals surface area contributed by atoms with E-state index in [9.17, 15) is 4.79 Å². The van der Waals surface area contributed by atoms with Crippen molar-refractivity contribution >= 4 is 5.91 Å². The van der Waals surface area contributed by atoms with E-state index in [1.54, 1.807) is 24.2 Å². The molecule has 110 valence electrons. The van der Waals surface area contributed by atoms with Crippen LogP contribution in [-0.4, -0.2) is 59.1 Å². The molecule has 1 aromatic heterocycles. The zero-order valence-corrected chi connectivity index (χ0v) is 12.0. The third-order valence-corrected chi connectivity index (χ3v) is 4.34. The Kier molecular flexibility index (Phi) is 3.52. The number of aryl methyl sites for hydroxylation is 1. The second-order valence-electron chi connectivity index (χ2n) is 5.51. The van der Waals surface area contributed by atoms with E-state index in [1.165, 1.54) is 0 Å². The summed E-state index contributed by atoms with van der Waals surface area (Å²) in [6.07, 6.45) is 5.40. The van der Waals surface area contributed by atoms with E-state index in [4.69, 9.17) is 9.47 Å². The number of likely N-dealkylation sites (tertiary alicyclic amines) is 1. The first-order chi connectivity index (χ1) is 9.68. The summed E-state index contributed by atoms with van der Waals surface area (Å²) in [4.78, 5) is 14.4. The Hall–Kier alpha value is -1.40. The molecule has 2 aliphatic rings. The van der Waals surface area contributed by atoms with Crippen molar-refractivity contribution in [3.05, 3.63) is 18.0 Å². The molecule has 2 aliphatic heterocycles. The van der Waals surface area contributed by atoms with Crippen molar-refractivity contribution < 1.29 is 14.3 Å². The van der Waals surface area contributed by atoms with Gasteiger partial charge in [0, 0.05) is 26.5 Å². The third-order valence-electron chi connectivity index (χ3n) is 4.34. The first kappa shape index (κ1) is 13.6. The fraction of sp³-hybridized carbons (Fsp3) is 0.714. The quantitative estimate of drug-likeness (QED) is 0.825. The molecule has 1 amide bonds. The molecule has 2 atom stereocenters. The molecular weight excluding hydrogens is 258 g/mol. The number of carbonyl (C=O) groups is 1. The van der Waals surface area contributed by atoms with Gasteiger partial charge in [-0.3, -0.25) is 9.48 Å². The monoisotopic (exact) mass is 279 g/mol. The van der Waals surface area contributed by atoms with Crippen molar-refractivity contribution in [1.29, 1.82) is 0 Å². The molecule has 1 aromatic rings. The van der Waals surface area contributed by atoms with Gasteiger partial charge in [0.15, 0.2) is 0 Å². The van der Waals surface area contributed by atoms with Crippen molar-refractivity contribution in [1.82, 2.24) is 14.7 Å². The highest BCUT2D eigenvalue weighted by molar-refractivity contribution is 5.94. The van der Waals surface area contributed by atoms with Gasteiger partial charge < -0.3 is 14.4 Å². The van der Waals surface area contributed by atoms with Crippen LogP contribution in [-0.2, 0) is 16.0 Å². The van der Waals surface area contributed by atoms with Crippen molar-refractivity contribution in [2.45, 2.75) is 38.0 Å². The lowest BCUT2D eigenvalue weighted by Crippen LogP contribution is -2.42.